The quantitative estimate of drug-likeness (QED) is 0.827. The number of anilines is 1. The summed E-state index contributed by atoms with van der Waals surface area (Å²) in [5.74, 6) is 0.638. The minimum absolute atomic E-state index is 0.298. The van der Waals surface area contributed by atoms with Gasteiger partial charge in [0.25, 0.3) is 0 Å². The molecule has 2 rings (SSSR count). The van der Waals surface area contributed by atoms with Gasteiger partial charge < -0.3 is 15.0 Å². The molecule has 2 unspecified atom stereocenters. The zero-order valence-corrected chi connectivity index (χ0v) is 14.1. The molecule has 1 saturated heterocycles. The van der Waals surface area contributed by atoms with Crippen LogP contribution in [-0.2, 0) is 4.74 Å². The van der Waals surface area contributed by atoms with Gasteiger partial charge in [-0.25, -0.2) is 0 Å². The Kier molecular flexibility index (Phi) is 6.34. The Morgan fingerprint density at radius 3 is 2.95 bits per heavy atom. The summed E-state index contributed by atoms with van der Waals surface area (Å²) in [4.78, 5) is 2.41. The molecular formula is C17H27ClN2O. The number of hydrogen-bond donors (Lipinski definition) is 1. The van der Waals surface area contributed by atoms with E-state index in [-0.39, 0.29) is 0 Å². The second-order valence-electron chi connectivity index (χ2n) is 5.94. The van der Waals surface area contributed by atoms with Gasteiger partial charge in [0.1, 0.15) is 0 Å². The van der Waals surface area contributed by atoms with Crippen LogP contribution in [0.3, 0.4) is 0 Å². The van der Waals surface area contributed by atoms with Gasteiger partial charge in [-0.1, -0.05) is 24.6 Å². The van der Waals surface area contributed by atoms with E-state index in [0.717, 1.165) is 37.7 Å². The molecule has 0 saturated carbocycles. The third kappa shape index (κ3) is 4.35. The van der Waals surface area contributed by atoms with Crippen molar-refractivity contribution in [1.29, 1.82) is 0 Å². The van der Waals surface area contributed by atoms with E-state index in [2.05, 4.69) is 42.3 Å². The summed E-state index contributed by atoms with van der Waals surface area (Å²) in [5.41, 5.74) is 2.41. The van der Waals surface area contributed by atoms with E-state index in [1.54, 1.807) is 7.11 Å². The molecule has 4 heteroatoms. The van der Waals surface area contributed by atoms with E-state index < -0.39 is 0 Å². The summed E-state index contributed by atoms with van der Waals surface area (Å²) in [5, 5.41) is 4.35. The molecule has 118 valence electrons. The van der Waals surface area contributed by atoms with E-state index in [1.165, 1.54) is 17.7 Å². The van der Waals surface area contributed by atoms with Crippen LogP contribution in [0.15, 0.2) is 18.2 Å². The standard InChI is InChI=1S/C17H27ClN2O/c1-4-8-19-13(2)16-6-5-15(10-17(16)18)20-9-7-14(11-20)12-21-3/h5-6,10,13-14,19H,4,7-9,11-12H2,1-3H3. The van der Waals surface area contributed by atoms with Crippen molar-refractivity contribution in [1.82, 2.24) is 5.32 Å². The first-order valence-corrected chi connectivity index (χ1v) is 8.30. The number of rotatable bonds is 7. The number of methoxy groups -OCH3 is 1. The molecule has 1 heterocycles. The summed E-state index contributed by atoms with van der Waals surface area (Å²) < 4.78 is 5.26. The lowest BCUT2D eigenvalue weighted by Crippen LogP contribution is -2.22. The molecule has 3 nitrogen and oxygen atoms in total. The highest BCUT2D eigenvalue weighted by molar-refractivity contribution is 6.31. The number of benzene rings is 1. The molecule has 0 aromatic heterocycles. The van der Waals surface area contributed by atoms with Crippen LogP contribution in [0.25, 0.3) is 0 Å². The predicted octanol–water partition coefficient (Wildman–Crippen LogP) is 3.87. The first-order chi connectivity index (χ1) is 10.2. The van der Waals surface area contributed by atoms with Crippen LogP contribution < -0.4 is 10.2 Å². The van der Waals surface area contributed by atoms with Crippen LogP contribution in [0.2, 0.25) is 5.02 Å². The lowest BCUT2D eigenvalue weighted by molar-refractivity contribution is 0.161. The smallest absolute Gasteiger partial charge is 0.0508 e. The summed E-state index contributed by atoms with van der Waals surface area (Å²) in [7, 11) is 1.78. The summed E-state index contributed by atoms with van der Waals surface area (Å²) in [6.07, 6.45) is 2.33. The second kappa shape index (κ2) is 8.02. The molecule has 1 fully saturated rings. The van der Waals surface area contributed by atoms with Crippen molar-refractivity contribution in [2.24, 2.45) is 5.92 Å². The summed E-state index contributed by atoms with van der Waals surface area (Å²) in [6.45, 7) is 8.36. The van der Waals surface area contributed by atoms with Crippen molar-refractivity contribution in [2.45, 2.75) is 32.7 Å². The fourth-order valence-corrected chi connectivity index (χ4v) is 3.31. The van der Waals surface area contributed by atoms with Crippen molar-refractivity contribution in [3.05, 3.63) is 28.8 Å². The monoisotopic (exact) mass is 310 g/mol. The topological polar surface area (TPSA) is 24.5 Å². The van der Waals surface area contributed by atoms with Gasteiger partial charge >= 0.3 is 0 Å². The fraction of sp³-hybridized carbons (Fsp3) is 0.647. The molecule has 1 aromatic carbocycles. The fourth-order valence-electron chi connectivity index (χ4n) is 2.97. The maximum atomic E-state index is 6.49. The van der Waals surface area contributed by atoms with Crippen LogP contribution in [0.4, 0.5) is 5.69 Å². The van der Waals surface area contributed by atoms with Crippen molar-refractivity contribution in [2.75, 3.05) is 38.3 Å². The van der Waals surface area contributed by atoms with Gasteiger partial charge in [0, 0.05) is 42.9 Å². The highest BCUT2D eigenvalue weighted by Gasteiger charge is 2.23. The predicted molar refractivity (Wildman–Crippen MR) is 90.4 cm³/mol. The molecule has 0 aliphatic carbocycles. The normalized spacial score (nSPS) is 20.0. The Morgan fingerprint density at radius 1 is 1.48 bits per heavy atom. The van der Waals surface area contributed by atoms with Gasteiger partial charge in [-0.05, 0) is 44.0 Å². The zero-order valence-electron chi connectivity index (χ0n) is 13.4. The van der Waals surface area contributed by atoms with Gasteiger partial charge in [0.05, 0.1) is 6.61 Å². The highest BCUT2D eigenvalue weighted by Crippen LogP contribution is 2.30. The maximum Gasteiger partial charge on any atom is 0.0508 e. The second-order valence-corrected chi connectivity index (χ2v) is 6.34. The first kappa shape index (κ1) is 16.6. The summed E-state index contributed by atoms with van der Waals surface area (Å²) >= 11 is 6.49. The zero-order chi connectivity index (χ0) is 15.2. The highest BCUT2D eigenvalue weighted by atomic mass is 35.5. The van der Waals surface area contributed by atoms with Gasteiger partial charge in [0.15, 0.2) is 0 Å². The van der Waals surface area contributed by atoms with Crippen molar-refractivity contribution in [3.63, 3.8) is 0 Å². The average molecular weight is 311 g/mol. The molecule has 1 N–H and O–H groups in total. The van der Waals surface area contributed by atoms with Gasteiger partial charge in [-0.2, -0.15) is 0 Å². The van der Waals surface area contributed by atoms with Crippen LogP contribution in [0, 0.1) is 5.92 Å². The minimum Gasteiger partial charge on any atom is -0.384 e. The molecule has 1 aliphatic heterocycles. The molecular weight excluding hydrogens is 284 g/mol. The van der Waals surface area contributed by atoms with Crippen molar-refractivity contribution < 1.29 is 4.74 Å². The number of ether oxygens (including phenoxy) is 1. The molecule has 21 heavy (non-hydrogen) atoms. The largest absolute Gasteiger partial charge is 0.384 e. The summed E-state index contributed by atoms with van der Waals surface area (Å²) in [6, 6.07) is 6.76. The molecule has 0 spiro atoms. The van der Waals surface area contributed by atoms with E-state index >= 15 is 0 Å². The van der Waals surface area contributed by atoms with Crippen LogP contribution >= 0.6 is 11.6 Å². The van der Waals surface area contributed by atoms with Crippen LogP contribution in [0.1, 0.15) is 38.3 Å². The molecule has 0 radical (unpaired) electrons. The Labute approximate surface area is 133 Å². The Morgan fingerprint density at radius 2 is 2.29 bits per heavy atom. The molecule has 0 bridgehead atoms. The third-order valence-corrected chi connectivity index (χ3v) is 4.53. The molecule has 2 atom stereocenters. The SMILES string of the molecule is CCCNC(C)c1ccc(N2CCC(COC)C2)cc1Cl. The maximum absolute atomic E-state index is 6.49. The number of halogens is 1. The lowest BCUT2D eigenvalue weighted by Gasteiger charge is -2.21. The van der Waals surface area contributed by atoms with E-state index in [1.807, 2.05) is 0 Å². The minimum atomic E-state index is 0.298. The molecule has 1 aromatic rings. The lowest BCUT2D eigenvalue weighted by atomic mass is 10.1. The third-order valence-electron chi connectivity index (χ3n) is 4.20. The van der Waals surface area contributed by atoms with Gasteiger partial charge in [0.2, 0.25) is 0 Å². The van der Waals surface area contributed by atoms with Gasteiger partial charge in [-0.3, -0.25) is 0 Å². The molecule has 0 amide bonds. The first-order valence-electron chi connectivity index (χ1n) is 7.92. The number of nitrogens with one attached hydrogen (secondary N) is 1. The number of hydrogen-bond acceptors (Lipinski definition) is 3. The van der Waals surface area contributed by atoms with Crippen molar-refractivity contribution >= 4 is 17.3 Å². The van der Waals surface area contributed by atoms with Crippen LogP contribution in [-0.4, -0.2) is 33.4 Å². The van der Waals surface area contributed by atoms with E-state index in [9.17, 15) is 0 Å². The Balaban J connectivity index is 2.02. The van der Waals surface area contributed by atoms with Gasteiger partial charge in [-0.15, -0.1) is 0 Å². The number of nitrogens with zero attached hydrogens (tertiary/aromatic N) is 1. The average Bonchev–Trinajstić information content (AvgIpc) is 2.93. The molecule has 1 aliphatic rings. The van der Waals surface area contributed by atoms with Crippen molar-refractivity contribution in [3.8, 4) is 0 Å². The van der Waals surface area contributed by atoms with E-state index in [4.69, 9.17) is 16.3 Å². The van der Waals surface area contributed by atoms with Crippen LogP contribution in [0.5, 0.6) is 0 Å². The van der Waals surface area contributed by atoms with E-state index in [0.29, 0.717) is 12.0 Å². The Bertz CT molecular complexity index is 452. The Hall–Kier alpha value is -0.770.